The average molecular weight is 367 g/mol. The first-order chi connectivity index (χ1) is 11.9. The molecule has 2 rings (SSSR count). The zero-order chi connectivity index (χ0) is 18.4. The molecule has 0 unspecified atom stereocenters. The van der Waals surface area contributed by atoms with Gasteiger partial charge < -0.3 is 10.6 Å². The Morgan fingerprint density at radius 2 is 1.80 bits per heavy atom. The summed E-state index contributed by atoms with van der Waals surface area (Å²) in [5, 5.41) is 5.75. The molecule has 0 aromatic heterocycles. The first-order valence-electron chi connectivity index (χ1n) is 7.65. The van der Waals surface area contributed by atoms with Crippen LogP contribution in [0, 0.1) is 11.6 Å². The summed E-state index contributed by atoms with van der Waals surface area (Å²) in [6.07, 6.45) is 0.0342. The van der Waals surface area contributed by atoms with E-state index in [9.17, 15) is 18.4 Å². The summed E-state index contributed by atoms with van der Waals surface area (Å²) in [4.78, 5) is 23.8. The van der Waals surface area contributed by atoms with Crippen LogP contribution in [0.15, 0.2) is 42.5 Å². The molecule has 0 saturated carbocycles. The third-order valence-corrected chi connectivity index (χ3v) is 3.80. The molecule has 0 bridgehead atoms. The van der Waals surface area contributed by atoms with Crippen LogP contribution in [-0.2, 0) is 4.79 Å². The molecule has 2 amide bonds. The van der Waals surface area contributed by atoms with Gasteiger partial charge in [0.1, 0.15) is 11.6 Å². The summed E-state index contributed by atoms with van der Waals surface area (Å²) in [5.74, 6) is -2.07. The van der Waals surface area contributed by atoms with Crippen LogP contribution in [0.2, 0.25) is 5.02 Å². The molecule has 0 spiro atoms. The van der Waals surface area contributed by atoms with Crippen LogP contribution in [0.5, 0.6) is 0 Å². The van der Waals surface area contributed by atoms with E-state index >= 15 is 0 Å². The number of rotatable bonds is 6. The molecule has 0 aliphatic heterocycles. The molecule has 2 N–H and O–H groups in total. The minimum absolute atomic E-state index is 0.0342. The number of amides is 2. The van der Waals surface area contributed by atoms with Crippen molar-refractivity contribution in [2.45, 2.75) is 19.4 Å². The van der Waals surface area contributed by atoms with Gasteiger partial charge >= 0.3 is 0 Å². The number of carbonyl (C=O) groups is 2. The van der Waals surface area contributed by atoms with Crippen LogP contribution in [0.25, 0.3) is 0 Å². The van der Waals surface area contributed by atoms with E-state index in [1.165, 1.54) is 6.07 Å². The molecule has 0 fully saturated rings. The largest absolute Gasteiger partial charge is 0.352 e. The molecule has 25 heavy (non-hydrogen) atoms. The number of hydrogen-bond donors (Lipinski definition) is 2. The number of benzene rings is 2. The Morgan fingerprint density at radius 1 is 1.12 bits per heavy atom. The van der Waals surface area contributed by atoms with Gasteiger partial charge in [-0.15, -0.1) is 0 Å². The van der Waals surface area contributed by atoms with Crippen molar-refractivity contribution in [2.24, 2.45) is 0 Å². The lowest BCUT2D eigenvalue weighted by Gasteiger charge is -2.15. The summed E-state index contributed by atoms with van der Waals surface area (Å²) in [5.41, 5.74) is 0.631. The van der Waals surface area contributed by atoms with Crippen molar-refractivity contribution in [1.82, 2.24) is 10.6 Å². The van der Waals surface area contributed by atoms with Crippen molar-refractivity contribution < 1.29 is 18.4 Å². The van der Waals surface area contributed by atoms with Gasteiger partial charge in [0.25, 0.3) is 5.91 Å². The fraction of sp³-hybridized carbons (Fsp3) is 0.222. The van der Waals surface area contributed by atoms with Crippen LogP contribution in [0.1, 0.15) is 35.3 Å². The highest BCUT2D eigenvalue weighted by molar-refractivity contribution is 6.30. The Kier molecular flexibility index (Phi) is 6.47. The maximum atomic E-state index is 13.7. The number of nitrogens with one attached hydrogen (secondary N) is 2. The van der Waals surface area contributed by atoms with Gasteiger partial charge in [-0.2, -0.15) is 0 Å². The van der Waals surface area contributed by atoms with E-state index in [1.54, 1.807) is 31.2 Å². The van der Waals surface area contributed by atoms with E-state index in [0.29, 0.717) is 10.6 Å². The van der Waals surface area contributed by atoms with Crippen molar-refractivity contribution in [2.75, 3.05) is 6.54 Å². The topological polar surface area (TPSA) is 58.2 Å². The molecular formula is C18H17ClF2N2O2. The van der Waals surface area contributed by atoms with Crippen LogP contribution >= 0.6 is 11.6 Å². The minimum atomic E-state index is -0.719. The molecule has 2 aromatic rings. The number of halogens is 3. The predicted octanol–water partition coefficient (Wildman–Crippen LogP) is 3.62. The van der Waals surface area contributed by atoms with Crippen LogP contribution in [0.4, 0.5) is 8.78 Å². The first-order valence-corrected chi connectivity index (χ1v) is 8.02. The molecule has 1 atom stereocenters. The summed E-state index contributed by atoms with van der Waals surface area (Å²) >= 11 is 5.75. The van der Waals surface area contributed by atoms with Gasteiger partial charge in [0.05, 0.1) is 6.04 Å². The highest BCUT2D eigenvalue weighted by Crippen LogP contribution is 2.17. The Morgan fingerprint density at radius 3 is 2.44 bits per heavy atom. The smallest absolute Gasteiger partial charge is 0.251 e. The van der Waals surface area contributed by atoms with Crippen LogP contribution in [-0.4, -0.2) is 18.4 Å². The van der Waals surface area contributed by atoms with Gasteiger partial charge in [-0.25, -0.2) is 8.78 Å². The van der Waals surface area contributed by atoms with Gasteiger partial charge in [-0.05, 0) is 37.3 Å². The predicted molar refractivity (Wildman–Crippen MR) is 91.3 cm³/mol. The zero-order valence-corrected chi connectivity index (χ0v) is 14.2. The highest BCUT2D eigenvalue weighted by Gasteiger charge is 2.14. The van der Waals surface area contributed by atoms with E-state index in [2.05, 4.69) is 10.6 Å². The van der Waals surface area contributed by atoms with Crippen LogP contribution in [0.3, 0.4) is 0 Å². The lowest BCUT2D eigenvalue weighted by Crippen LogP contribution is -2.32. The molecule has 2 aromatic carbocycles. The van der Waals surface area contributed by atoms with Crippen molar-refractivity contribution in [3.8, 4) is 0 Å². The third-order valence-electron chi connectivity index (χ3n) is 3.55. The van der Waals surface area contributed by atoms with Gasteiger partial charge in [-0.3, -0.25) is 9.59 Å². The molecule has 0 saturated heterocycles. The molecule has 0 heterocycles. The molecule has 0 aliphatic rings. The summed E-state index contributed by atoms with van der Waals surface area (Å²) in [7, 11) is 0. The molecule has 7 heteroatoms. The third kappa shape index (κ3) is 5.53. The minimum Gasteiger partial charge on any atom is -0.352 e. The molecule has 132 valence electrons. The Labute approximate surface area is 149 Å². The number of carbonyl (C=O) groups excluding carboxylic acids is 2. The van der Waals surface area contributed by atoms with Crippen molar-refractivity contribution in [3.63, 3.8) is 0 Å². The monoisotopic (exact) mass is 366 g/mol. The normalized spacial score (nSPS) is 11.7. The van der Waals surface area contributed by atoms with E-state index < -0.39 is 17.7 Å². The molecule has 0 radical (unpaired) electrons. The maximum absolute atomic E-state index is 13.7. The average Bonchev–Trinajstić information content (AvgIpc) is 2.55. The van der Waals surface area contributed by atoms with E-state index in [0.717, 1.165) is 12.1 Å². The lowest BCUT2D eigenvalue weighted by atomic mass is 10.1. The fourth-order valence-corrected chi connectivity index (χ4v) is 2.36. The molecular weight excluding hydrogens is 350 g/mol. The second kappa shape index (κ2) is 8.58. The summed E-state index contributed by atoms with van der Waals surface area (Å²) in [6.45, 7) is 1.73. The molecule has 0 aliphatic carbocycles. The lowest BCUT2D eigenvalue weighted by molar-refractivity contribution is -0.121. The standard InChI is InChI=1S/C18H17ClF2N2O2/c1-11(15-7-6-14(20)10-16(15)21)23-17(24)8-9-22-18(25)12-2-4-13(19)5-3-12/h2-7,10-11H,8-9H2,1H3,(H,22,25)(H,23,24)/t11-/m1/s1. The summed E-state index contributed by atoms with van der Waals surface area (Å²) in [6, 6.07) is 8.94. The van der Waals surface area contributed by atoms with E-state index in [1.807, 2.05) is 0 Å². The van der Waals surface area contributed by atoms with Crippen molar-refractivity contribution in [3.05, 3.63) is 70.2 Å². The SMILES string of the molecule is C[C@@H](NC(=O)CCNC(=O)c1ccc(Cl)cc1)c1ccc(F)cc1F. The van der Waals surface area contributed by atoms with Gasteiger partial charge in [-0.1, -0.05) is 17.7 Å². The quantitative estimate of drug-likeness (QED) is 0.820. The van der Waals surface area contributed by atoms with E-state index in [4.69, 9.17) is 11.6 Å². The fourth-order valence-electron chi connectivity index (χ4n) is 2.24. The second-order valence-electron chi connectivity index (χ2n) is 5.47. The Bertz CT molecular complexity index is 766. The first kappa shape index (κ1) is 18.9. The summed E-state index contributed by atoms with van der Waals surface area (Å²) < 4.78 is 26.6. The highest BCUT2D eigenvalue weighted by atomic mass is 35.5. The Hall–Kier alpha value is -2.47. The van der Waals surface area contributed by atoms with Crippen molar-refractivity contribution >= 4 is 23.4 Å². The second-order valence-corrected chi connectivity index (χ2v) is 5.90. The van der Waals surface area contributed by atoms with Gasteiger partial charge in [0.15, 0.2) is 0 Å². The zero-order valence-electron chi connectivity index (χ0n) is 13.5. The van der Waals surface area contributed by atoms with Gasteiger partial charge in [0, 0.05) is 35.2 Å². The molecule has 4 nitrogen and oxygen atoms in total. The number of hydrogen-bond acceptors (Lipinski definition) is 2. The Balaban J connectivity index is 1.80. The maximum Gasteiger partial charge on any atom is 0.251 e. The van der Waals surface area contributed by atoms with Crippen LogP contribution < -0.4 is 10.6 Å². The van der Waals surface area contributed by atoms with E-state index in [-0.39, 0.29) is 30.3 Å². The van der Waals surface area contributed by atoms with Crippen molar-refractivity contribution in [1.29, 1.82) is 0 Å². The van der Waals surface area contributed by atoms with Gasteiger partial charge in [0.2, 0.25) is 5.91 Å².